The van der Waals surface area contributed by atoms with E-state index in [2.05, 4.69) is 60.4 Å². The van der Waals surface area contributed by atoms with E-state index in [9.17, 15) is 4.79 Å². The van der Waals surface area contributed by atoms with Gasteiger partial charge in [-0.15, -0.1) is 0 Å². The highest BCUT2D eigenvalue weighted by Crippen LogP contribution is 2.39. The molecule has 120 valence electrons. The Morgan fingerprint density at radius 1 is 0.957 bits per heavy atom. The fourth-order valence-corrected chi connectivity index (χ4v) is 3.56. The topological polar surface area (TPSA) is 29.5 Å². The van der Waals surface area contributed by atoms with Crippen LogP contribution in [0.25, 0.3) is 0 Å². The van der Waals surface area contributed by atoms with Crippen molar-refractivity contribution in [2.24, 2.45) is 0 Å². The third kappa shape index (κ3) is 2.94. The fourth-order valence-electron chi connectivity index (χ4n) is 3.56. The van der Waals surface area contributed by atoms with E-state index < -0.39 is 0 Å². The zero-order valence-electron chi connectivity index (χ0n) is 13.7. The van der Waals surface area contributed by atoms with Crippen LogP contribution in [-0.2, 0) is 9.53 Å². The van der Waals surface area contributed by atoms with E-state index in [1.165, 1.54) is 11.1 Å². The highest BCUT2D eigenvalue weighted by atomic mass is 16.5. The van der Waals surface area contributed by atoms with Gasteiger partial charge < -0.3 is 4.74 Å². The normalized spacial score (nSPS) is 21.4. The number of rotatable bonds is 6. The molecule has 1 saturated heterocycles. The van der Waals surface area contributed by atoms with Gasteiger partial charge >= 0.3 is 0 Å². The second-order valence-corrected chi connectivity index (χ2v) is 5.97. The van der Waals surface area contributed by atoms with Crippen LogP contribution >= 0.6 is 0 Å². The van der Waals surface area contributed by atoms with Crippen molar-refractivity contribution in [3.8, 4) is 0 Å². The summed E-state index contributed by atoms with van der Waals surface area (Å²) >= 11 is 0. The first-order valence-electron chi connectivity index (χ1n) is 8.18. The Bertz CT molecular complexity index is 602. The predicted molar refractivity (Wildman–Crippen MR) is 91.3 cm³/mol. The maximum Gasteiger partial charge on any atom is 0.169 e. The molecule has 0 bridgehead atoms. The van der Waals surface area contributed by atoms with Crippen LogP contribution in [0.3, 0.4) is 0 Å². The monoisotopic (exact) mass is 309 g/mol. The molecule has 3 nitrogen and oxygen atoms in total. The summed E-state index contributed by atoms with van der Waals surface area (Å²) in [4.78, 5) is 14.8. The zero-order chi connectivity index (χ0) is 16.2. The quantitative estimate of drug-likeness (QED) is 0.818. The Kier molecular flexibility index (Phi) is 4.89. The van der Waals surface area contributed by atoms with E-state index >= 15 is 0 Å². The molecule has 1 aliphatic rings. The molecule has 0 N–H and O–H groups in total. The minimum atomic E-state index is -0.157. The summed E-state index contributed by atoms with van der Waals surface area (Å²) in [6, 6.07) is 20.7. The van der Waals surface area contributed by atoms with Crippen LogP contribution in [0.5, 0.6) is 0 Å². The summed E-state index contributed by atoms with van der Waals surface area (Å²) in [6.45, 7) is 2.52. The van der Waals surface area contributed by atoms with Crippen molar-refractivity contribution in [1.29, 1.82) is 0 Å². The summed E-state index contributed by atoms with van der Waals surface area (Å²) < 4.78 is 5.30. The average Bonchev–Trinajstić information content (AvgIpc) is 2.61. The van der Waals surface area contributed by atoms with Gasteiger partial charge in [0, 0.05) is 7.11 Å². The lowest BCUT2D eigenvalue weighted by Gasteiger charge is -2.50. The van der Waals surface area contributed by atoms with Crippen LogP contribution < -0.4 is 0 Å². The van der Waals surface area contributed by atoms with Gasteiger partial charge in [-0.1, -0.05) is 67.6 Å². The molecule has 2 aromatic carbocycles. The van der Waals surface area contributed by atoms with Gasteiger partial charge in [0.1, 0.15) is 0 Å². The molecule has 23 heavy (non-hydrogen) atoms. The predicted octanol–water partition coefficient (Wildman–Crippen LogP) is 3.45. The van der Waals surface area contributed by atoms with Gasteiger partial charge in [-0.3, -0.25) is 9.69 Å². The summed E-state index contributed by atoms with van der Waals surface area (Å²) in [5.74, 6) is 0.297. The van der Waals surface area contributed by atoms with Gasteiger partial charge in [0.25, 0.3) is 0 Å². The Hall–Kier alpha value is -1.97. The molecular formula is C20H23NO2. The fraction of sp³-hybridized carbons (Fsp3) is 0.350. The molecular weight excluding hydrogens is 286 g/mol. The van der Waals surface area contributed by atoms with Crippen molar-refractivity contribution in [3.05, 3.63) is 71.8 Å². The van der Waals surface area contributed by atoms with E-state index in [-0.39, 0.29) is 18.1 Å². The Balaban J connectivity index is 2.02. The molecule has 3 rings (SSSR count). The molecule has 0 aliphatic carbocycles. The molecule has 0 radical (unpaired) electrons. The smallest absolute Gasteiger partial charge is 0.169 e. The van der Waals surface area contributed by atoms with E-state index in [1.54, 1.807) is 7.11 Å². The minimum absolute atomic E-state index is 0.0273. The molecule has 2 aromatic rings. The molecule has 1 aliphatic heterocycles. The van der Waals surface area contributed by atoms with Gasteiger partial charge in [-0.25, -0.2) is 0 Å². The number of benzene rings is 2. The summed E-state index contributed by atoms with van der Waals surface area (Å²) in [5, 5.41) is 0. The molecule has 0 spiro atoms. The standard InChI is InChI=1S/C20H23NO2/c1-3-17-20(22)18(14-23-2)21(17)19(15-10-6-4-7-11-15)16-12-8-5-9-13-16/h4-13,17-19H,3,14H2,1-2H3/t17-,18+/m0/s1. The molecule has 3 heteroatoms. The zero-order valence-corrected chi connectivity index (χ0v) is 13.7. The van der Waals surface area contributed by atoms with Crippen molar-refractivity contribution in [2.75, 3.05) is 13.7 Å². The maximum absolute atomic E-state index is 12.4. The second kappa shape index (κ2) is 7.07. The first-order valence-corrected chi connectivity index (χ1v) is 8.18. The average molecular weight is 309 g/mol. The number of likely N-dealkylation sites (tertiary alicyclic amines) is 1. The molecule has 2 atom stereocenters. The number of ether oxygens (including phenoxy) is 1. The number of methoxy groups -OCH3 is 1. The molecule has 0 saturated carbocycles. The van der Waals surface area contributed by atoms with E-state index in [4.69, 9.17) is 4.74 Å². The number of Topliss-reactive ketones (excluding diaryl/α,β-unsaturated/α-hetero) is 1. The number of nitrogens with zero attached hydrogens (tertiary/aromatic N) is 1. The number of ketones is 1. The Morgan fingerprint density at radius 2 is 1.48 bits per heavy atom. The van der Waals surface area contributed by atoms with Crippen LogP contribution in [-0.4, -0.2) is 36.5 Å². The highest BCUT2D eigenvalue weighted by molar-refractivity contribution is 5.95. The maximum atomic E-state index is 12.4. The lowest BCUT2D eigenvalue weighted by Crippen LogP contribution is -2.67. The summed E-state index contributed by atoms with van der Waals surface area (Å²) in [6.07, 6.45) is 0.829. The molecule has 0 unspecified atom stereocenters. The SMILES string of the molecule is CC[C@H]1C(=O)[C@@H](COC)N1C(c1ccccc1)c1ccccc1. The number of hydrogen-bond donors (Lipinski definition) is 0. The second-order valence-electron chi connectivity index (χ2n) is 5.97. The van der Waals surface area contributed by atoms with Gasteiger partial charge in [0.05, 0.1) is 24.7 Å². The van der Waals surface area contributed by atoms with E-state index in [0.29, 0.717) is 12.4 Å². The lowest BCUT2D eigenvalue weighted by molar-refractivity contribution is -0.152. The van der Waals surface area contributed by atoms with Gasteiger partial charge in [0.2, 0.25) is 0 Å². The van der Waals surface area contributed by atoms with Crippen molar-refractivity contribution in [2.45, 2.75) is 31.5 Å². The minimum Gasteiger partial charge on any atom is -0.383 e. The van der Waals surface area contributed by atoms with Gasteiger partial charge in [-0.05, 0) is 17.5 Å². The summed E-state index contributed by atoms with van der Waals surface area (Å²) in [7, 11) is 1.66. The number of carbonyl (C=O) groups is 1. The third-order valence-electron chi connectivity index (χ3n) is 4.62. The largest absolute Gasteiger partial charge is 0.383 e. The van der Waals surface area contributed by atoms with Crippen LogP contribution in [0, 0.1) is 0 Å². The first-order chi connectivity index (χ1) is 11.3. The first kappa shape index (κ1) is 15.9. The molecule has 0 aromatic heterocycles. The van der Waals surface area contributed by atoms with Gasteiger partial charge in [0.15, 0.2) is 5.78 Å². The van der Waals surface area contributed by atoms with Crippen molar-refractivity contribution in [3.63, 3.8) is 0 Å². The summed E-state index contributed by atoms with van der Waals surface area (Å²) in [5.41, 5.74) is 2.43. The molecule has 1 fully saturated rings. The Labute approximate surface area is 137 Å². The molecule has 1 heterocycles. The Morgan fingerprint density at radius 3 is 1.91 bits per heavy atom. The van der Waals surface area contributed by atoms with Gasteiger partial charge in [-0.2, -0.15) is 0 Å². The lowest BCUT2D eigenvalue weighted by atomic mass is 9.83. The third-order valence-corrected chi connectivity index (χ3v) is 4.62. The van der Waals surface area contributed by atoms with E-state index in [1.807, 2.05) is 12.1 Å². The number of hydrogen-bond acceptors (Lipinski definition) is 3. The molecule has 0 amide bonds. The van der Waals surface area contributed by atoms with Crippen LogP contribution in [0.2, 0.25) is 0 Å². The van der Waals surface area contributed by atoms with Crippen molar-refractivity contribution in [1.82, 2.24) is 4.90 Å². The van der Waals surface area contributed by atoms with Crippen molar-refractivity contribution >= 4 is 5.78 Å². The van der Waals surface area contributed by atoms with Crippen LogP contribution in [0.4, 0.5) is 0 Å². The number of carbonyl (C=O) groups excluding carboxylic acids is 1. The van der Waals surface area contributed by atoms with Crippen LogP contribution in [0.15, 0.2) is 60.7 Å². The van der Waals surface area contributed by atoms with E-state index in [0.717, 1.165) is 6.42 Å². The highest BCUT2D eigenvalue weighted by Gasteiger charge is 2.50. The van der Waals surface area contributed by atoms with Crippen molar-refractivity contribution < 1.29 is 9.53 Å². The van der Waals surface area contributed by atoms with Crippen LogP contribution in [0.1, 0.15) is 30.5 Å².